The van der Waals surface area contributed by atoms with E-state index in [2.05, 4.69) is 98.8 Å². The van der Waals surface area contributed by atoms with Crippen LogP contribution in [0.15, 0.2) is 72.8 Å². The Morgan fingerprint density at radius 1 is 0.510 bits per heavy atom. The zero-order chi connectivity index (χ0) is 36.9. The largest absolute Gasteiger partial charge is 0.492 e. The van der Waals surface area contributed by atoms with Crippen molar-refractivity contribution in [3.8, 4) is 22.9 Å². The summed E-state index contributed by atoms with van der Waals surface area (Å²) < 4.78 is 12.5. The minimum absolute atomic E-state index is 0.0984. The van der Waals surface area contributed by atoms with Gasteiger partial charge in [-0.05, 0) is 94.2 Å². The molecule has 0 saturated heterocycles. The van der Waals surface area contributed by atoms with E-state index in [4.69, 9.17) is 29.9 Å². The molecule has 0 amide bonds. The second-order valence-corrected chi connectivity index (χ2v) is 17.5. The number of fused-ring (bicyclic) bond motifs is 2. The van der Waals surface area contributed by atoms with Gasteiger partial charge < -0.3 is 14.8 Å². The first kappa shape index (κ1) is 35.9. The number of aromatic nitrogens is 6. The molecule has 0 aliphatic heterocycles. The molecule has 268 valence electrons. The maximum atomic E-state index is 6.23. The van der Waals surface area contributed by atoms with Gasteiger partial charge >= 0.3 is 0 Å². The third kappa shape index (κ3) is 7.58. The lowest BCUT2D eigenvalue weighted by Crippen LogP contribution is -2.26. The highest BCUT2D eigenvalue weighted by Gasteiger charge is 2.32. The maximum absolute atomic E-state index is 6.23. The molecule has 0 saturated carbocycles. The molecular weight excluding hydrogens is 635 g/mol. The summed E-state index contributed by atoms with van der Waals surface area (Å²) in [6, 6.07) is 24.5. The quantitative estimate of drug-likeness (QED) is 0.153. The zero-order valence-electron chi connectivity index (χ0n) is 32.3. The number of methoxy groups -OCH3 is 2. The van der Waals surface area contributed by atoms with Crippen molar-refractivity contribution in [3.63, 3.8) is 0 Å². The fraction of sp³-hybridized carbons (Fsp3) is 0.429. The number of benzene rings is 4. The number of anilines is 2. The van der Waals surface area contributed by atoms with E-state index in [1.54, 1.807) is 23.8 Å². The Balaban J connectivity index is 1.60. The van der Waals surface area contributed by atoms with Crippen LogP contribution in [-0.2, 0) is 10.8 Å². The summed E-state index contributed by atoms with van der Waals surface area (Å²) in [6.07, 6.45) is 1.92. The first-order valence-corrected chi connectivity index (χ1v) is 17.7. The zero-order valence-corrected chi connectivity index (χ0v) is 32.3. The lowest BCUT2D eigenvalue weighted by atomic mass is 9.72. The molecule has 0 fully saturated rings. The number of hydrogen-bond donors (Lipinski definition) is 1. The van der Waals surface area contributed by atoms with Crippen LogP contribution in [0.3, 0.4) is 0 Å². The van der Waals surface area contributed by atoms with E-state index >= 15 is 0 Å². The average Bonchev–Trinajstić information content (AvgIpc) is 3.66. The number of nitrogens with zero attached hydrogens (tertiary/aromatic N) is 6. The summed E-state index contributed by atoms with van der Waals surface area (Å²) in [7, 11) is 3.38. The van der Waals surface area contributed by atoms with Gasteiger partial charge in [-0.3, -0.25) is 0 Å². The van der Waals surface area contributed by atoms with Gasteiger partial charge in [-0.15, -0.1) is 30.0 Å². The second-order valence-electron chi connectivity index (χ2n) is 17.5. The molecule has 2 heterocycles. The van der Waals surface area contributed by atoms with E-state index < -0.39 is 0 Å². The van der Waals surface area contributed by atoms with Crippen molar-refractivity contribution in [2.75, 3.05) is 19.5 Å². The van der Waals surface area contributed by atoms with Crippen LogP contribution in [-0.4, -0.2) is 44.2 Å². The van der Waals surface area contributed by atoms with E-state index in [0.29, 0.717) is 11.5 Å². The van der Waals surface area contributed by atoms with Gasteiger partial charge in [-0.2, -0.15) is 0 Å². The molecule has 6 rings (SSSR count). The molecule has 9 heteroatoms. The van der Waals surface area contributed by atoms with Crippen LogP contribution in [0.25, 0.3) is 33.4 Å². The van der Waals surface area contributed by atoms with Gasteiger partial charge in [0, 0.05) is 0 Å². The predicted octanol–water partition coefficient (Wildman–Crippen LogP) is 10.3. The third-order valence-corrected chi connectivity index (χ3v) is 9.33. The molecule has 0 aliphatic carbocycles. The van der Waals surface area contributed by atoms with Crippen molar-refractivity contribution in [3.05, 3.63) is 83.9 Å². The fourth-order valence-electron chi connectivity index (χ4n) is 7.86. The molecular formula is C42H53N7O2. The highest BCUT2D eigenvalue weighted by molar-refractivity contribution is 5.80. The van der Waals surface area contributed by atoms with Crippen LogP contribution in [0, 0.1) is 10.8 Å². The molecule has 0 unspecified atom stereocenters. The minimum atomic E-state index is -0.187. The van der Waals surface area contributed by atoms with Gasteiger partial charge in [-0.1, -0.05) is 93.5 Å². The van der Waals surface area contributed by atoms with Crippen molar-refractivity contribution in [1.29, 1.82) is 0 Å². The second kappa shape index (κ2) is 13.0. The van der Waals surface area contributed by atoms with Crippen LogP contribution in [0.2, 0.25) is 0 Å². The van der Waals surface area contributed by atoms with Crippen molar-refractivity contribution < 1.29 is 9.47 Å². The lowest BCUT2D eigenvalue weighted by molar-refractivity contribution is 0.283. The number of nitrogens with one attached hydrogen (secondary N) is 1. The molecule has 9 nitrogen and oxygen atoms in total. The van der Waals surface area contributed by atoms with E-state index in [9.17, 15) is 0 Å². The summed E-state index contributed by atoms with van der Waals surface area (Å²) >= 11 is 0. The summed E-state index contributed by atoms with van der Waals surface area (Å²) in [5, 5.41) is 23.3. The molecule has 6 aromatic rings. The lowest BCUT2D eigenvalue weighted by Gasteiger charge is -2.34. The fourth-order valence-corrected chi connectivity index (χ4v) is 7.86. The van der Waals surface area contributed by atoms with Gasteiger partial charge in [0.1, 0.15) is 33.4 Å². The van der Waals surface area contributed by atoms with Crippen LogP contribution in [0.5, 0.6) is 11.5 Å². The molecule has 0 atom stereocenters. The maximum Gasteiger partial charge on any atom is 0.169 e. The van der Waals surface area contributed by atoms with Crippen molar-refractivity contribution in [2.24, 2.45) is 10.8 Å². The Morgan fingerprint density at radius 2 is 0.824 bits per heavy atom. The molecule has 51 heavy (non-hydrogen) atoms. The Labute approximate surface area is 302 Å². The van der Waals surface area contributed by atoms with Gasteiger partial charge in [0.2, 0.25) is 0 Å². The molecule has 0 radical (unpaired) electrons. The summed E-state index contributed by atoms with van der Waals surface area (Å²) in [4.78, 5) is 3.38. The van der Waals surface area contributed by atoms with E-state index in [-0.39, 0.29) is 21.7 Å². The monoisotopic (exact) mass is 687 g/mol. The average molecular weight is 688 g/mol. The highest BCUT2D eigenvalue weighted by Crippen LogP contribution is 2.46. The minimum Gasteiger partial charge on any atom is -0.492 e. The topological polar surface area (TPSA) is 91.9 Å². The van der Waals surface area contributed by atoms with E-state index in [0.717, 1.165) is 68.8 Å². The number of ether oxygens (including phenoxy) is 2. The molecule has 1 N–H and O–H groups in total. The SMILES string of the molecule is COc1c(Nc2cc(C(C)(C)CC(C)(C)C)cc(-n3nc4ccccc4n3)c2OC)cc(C(C)(C)CC(C)(C)C)cc1-n1nc2ccccc2n1. The van der Waals surface area contributed by atoms with Crippen LogP contribution in [0.4, 0.5) is 11.4 Å². The first-order chi connectivity index (χ1) is 23.9. The summed E-state index contributed by atoms with van der Waals surface area (Å²) in [5.74, 6) is 1.24. The molecule has 4 aromatic carbocycles. The van der Waals surface area contributed by atoms with Crippen LogP contribution < -0.4 is 14.8 Å². The summed E-state index contributed by atoms with van der Waals surface area (Å²) in [6.45, 7) is 22.9. The van der Waals surface area contributed by atoms with Crippen molar-refractivity contribution in [2.45, 2.75) is 92.9 Å². The van der Waals surface area contributed by atoms with E-state index in [1.807, 2.05) is 48.5 Å². The predicted molar refractivity (Wildman–Crippen MR) is 208 cm³/mol. The summed E-state index contributed by atoms with van der Waals surface area (Å²) in [5.41, 5.74) is 8.41. The Bertz CT molecular complexity index is 1970. The van der Waals surface area contributed by atoms with Gasteiger partial charge in [0.15, 0.2) is 11.5 Å². The number of rotatable bonds is 10. The Hall–Kier alpha value is -4.92. The third-order valence-electron chi connectivity index (χ3n) is 9.33. The van der Waals surface area contributed by atoms with E-state index in [1.165, 1.54) is 0 Å². The Kier molecular flexibility index (Phi) is 9.15. The smallest absolute Gasteiger partial charge is 0.169 e. The van der Waals surface area contributed by atoms with Crippen LogP contribution in [0.1, 0.15) is 93.2 Å². The molecule has 0 bridgehead atoms. The number of hydrogen-bond acceptors (Lipinski definition) is 7. The normalized spacial score (nSPS) is 12.9. The molecule has 0 aliphatic rings. The molecule has 2 aromatic heterocycles. The van der Waals surface area contributed by atoms with Crippen LogP contribution >= 0.6 is 0 Å². The van der Waals surface area contributed by atoms with Crippen molar-refractivity contribution >= 4 is 33.4 Å². The molecule has 0 spiro atoms. The highest BCUT2D eigenvalue weighted by atomic mass is 16.5. The Morgan fingerprint density at radius 3 is 1.10 bits per heavy atom. The first-order valence-electron chi connectivity index (χ1n) is 17.7. The van der Waals surface area contributed by atoms with Gasteiger partial charge in [0.25, 0.3) is 0 Å². The van der Waals surface area contributed by atoms with Gasteiger partial charge in [-0.25, -0.2) is 0 Å². The van der Waals surface area contributed by atoms with Gasteiger partial charge in [0.05, 0.1) is 25.6 Å². The standard InChI is InChI=1S/C42H53N7O2/c1-39(2,3)25-41(7,8)27-21-33(37(50-11)35(23-27)48-44-29-17-13-14-18-30(29)45-48)43-34-22-28(42(9,10)26-40(4,5)6)24-36(38(34)51-12)49-46-31-19-15-16-20-32(31)47-49/h13-24,43H,25-26H2,1-12H3. The van der Waals surface area contributed by atoms with Crippen molar-refractivity contribution in [1.82, 2.24) is 30.0 Å².